The molecule has 0 bridgehead atoms. The highest BCUT2D eigenvalue weighted by Gasteiger charge is 2.38. The molecule has 2 atom stereocenters. The van der Waals surface area contributed by atoms with Gasteiger partial charge in [0.1, 0.15) is 23.4 Å². The van der Waals surface area contributed by atoms with Gasteiger partial charge in [0.05, 0.1) is 0 Å². The van der Waals surface area contributed by atoms with E-state index in [1.807, 2.05) is 63.2 Å². The van der Waals surface area contributed by atoms with Crippen molar-refractivity contribution in [2.75, 3.05) is 11.9 Å². The lowest BCUT2D eigenvalue weighted by atomic mass is 9.96. The molecule has 3 aromatic carbocycles. The minimum absolute atomic E-state index is 0.0540. The molecule has 8 nitrogen and oxygen atoms in total. The molecule has 0 spiro atoms. The molecule has 8 heteroatoms. The maximum atomic E-state index is 14.2. The largest absolute Gasteiger partial charge is 0.507 e. The molecular weight excluding hydrogens is 518 g/mol. The first-order valence-corrected chi connectivity index (χ1v) is 14.2. The Balaban J connectivity index is 2.06. The molecule has 41 heavy (non-hydrogen) atoms. The minimum Gasteiger partial charge on any atom is -0.507 e. The van der Waals surface area contributed by atoms with E-state index in [2.05, 4.69) is 10.6 Å². The number of carbonyl (C=O) groups is 3. The molecule has 3 rings (SSSR count). The smallest absolute Gasteiger partial charge is 0.408 e. The Bertz CT molecular complexity index is 1380. The number of nitrogens with zero attached hydrogens (tertiary/aromatic N) is 1. The summed E-state index contributed by atoms with van der Waals surface area (Å²) in [6, 6.07) is 16.5. The number of rotatable bonds is 10. The van der Waals surface area contributed by atoms with Crippen LogP contribution in [0.4, 0.5) is 10.5 Å². The van der Waals surface area contributed by atoms with Crippen LogP contribution in [-0.4, -0.2) is 46.1 Å². The third kappa shape index (κ3) is 8.22. The standard InChI is InChI=1S/C33H43N3O5/c1-8-9-19-36(31(39)27(21(2)3)35-32(40)41-33(5,6)7)28(26-16-12-13-22(4)29(26)37)30(38)34-25-18-17-23-14-10-11-15-24(23)20-25/h10-18,20-21,27-28,37H,8-9,19H2,1-7H3,(H,34,38)(H,35,40). The first-order valence-electron chi connectivity index (χ1n) is 14.2. The van der Waals surface area contributed by atoms with E-state index < -0.39 is 35.6 Å². The molecule has 0 radical (unpaired) electrons. The number of ether oxygens (including phenoxy) is 1. The Morgan fingerprint density at radius 2 is 1.66 bits per heavy atom. The van der Waals surface area contributed by atoms with Crippen molar-refractivity contribution in [3.05, 3.63) is 71.8 Å². The van der Waals surface area contributed by atoms with E-state index in [9.17, 15) is 19.5 Å². The number of phenolic OH excluding ortho intramolecular Hbond substituents is 1. The lowest BCUT2D eigenvalue weighted by Crippen LogP contribution is -2.54. The lowest BCUT2D eigenvalue weighted by molar-refractivity contribution is -0.141. The highest BCUT2D eigenvalue weighted by Crippen LogP contribution is 2.34. The van der Waals surface area contributed by atoms with E-state index in [-0.39, 0.29) is 18.2 Å². The summed E-state index contributed by atoms with van der Waals surface area (Å²) in [5.41, 5.74) is 0.723. The number of carbonyl (C=O) groups excluding carboxylic acids is 3. The van der Waals surface area contributed by atoms with Gasteiger partial charge in [-0.1, -0.05) is 75.7 Å². The minimum atomic E-state index is -1.15. The predicted octanol–water partition coefficient (Wildman–Crippen LogP) is 6.71. The van der Waals surface area contributed by atoms with Gasteiger partial charge in [-0.15, -0.1) is 0 Å². The fraction of sp³-hybridized carbons (Fsp3) is 0.424. The number of aromatic hydroxyl groups is 1. The van der Waals surface area contributed by atoms with Crippen LogP contribution in [0.25, 0.3) is 10.8 Å². The quantitative estimate of drug-likeness (QED) is 0.255. The number of aryl methyl sites for hydroxylation is 1. The molecule has 0 aliphatic carbocycles. The summed E-state index contributed by atoms with van der Waals surface area (Å²) in [6.07, 6.45) is 0.680. The Morgan fingerprint density at radius 1 is 0.976 bits per heavy atom. The molecule has 0 saturated carbocycles. The molecule has 0 aliphatic rings. The molecule has 3 amide bonds. The second-order valence-corrected chi connectivity index (χ2v) is 11.7. The van der Waals surface area contributed by atoms with Crippen LogP contribution in [0, 0.1) is 12.8 Å². The SMILES string of the molecule is CCCCN(C(=O)C(NC(=O)OC(C)(C)C)C(C)C)C(C(=O)Nc1ccc2ccccc2c1)c1cccc(C)c1O. The third-order valence-electron chi connectivity index (χ3n) is 6.78. The summed E-state index contributed by atoms with van der Waals surface area (Å²) in [4.78, 5) is 42.5. The number of phenols is 1. The van der Waals surface area contributed by atoms with Crippen LogP contribution in [-0.2, 0) is 14.3 Å². The number of benzene rings is 3. The number of para-hydroxylation sites is 1. The molecule has 3 N–H and O–H groups in total. The van der Waals surface area contributed by atoms with Crippen molar-refractivity contribution in [1.82, 2.24) is 10.2 Å². The average molecular weight is 562 g/mol. The van der Waals surface area contributed by atoms with Gasteiger partial charge in [-0.05, 0) is 68.5 Å². The van der Waals surface area contributed by atoms with Gasteiger partial charge in [0.25, 0.3) is 5.91 Å². The first kappa shape index (κ1) is 31.5. The highest BCUT2D eigenvalue weighted by molar-refractivity contribution is 6.00. The predicted molar refractivity (Wildman–Crippen MR) is 163 cm³/mol. The molecule has 0 saturated heterocycles. The average Bonchev–Trinajstić information content (AvgIpc) is 2.90. The van der Waals surface area contributed by atoms with Gasteiger partial charge in [0, 0.05) is 17.8 Å². The van der Waals surface area contributed by atoms with Gasteiger partial charge in [0.2, 0.25) is 5.91 Å². The van der Waals surface area contributed by atoms with Gasteiger partial charge >= 0.3 is 6.09 Å². The third-order valence-corrected chi connectivity index (χ3v) is 6.78. The zero-order valence-corrected chi connectivity index (χ0v) is 25.2. The number of amides is 3. The van der Waals surface area contributed by atoms with Crippen molar-refractivity contribution in [2.45, 2.75) is 79.0 Å². The monoisotopic (exact) mass is 561 g/mol. The molecule has 0 fully saturated rings. The van der Waals surface area contributed by atoms with Crippen molar-refractivity contribution < 1.29 is 24.2 Å². The second kappa shape index (κ2) is 13.5. The summed E-state index contributed by atoms with van der Waals surface area (Å²) < 4.78 is 5.43. The molecule has 220 valence electrons. The molecule has 0 aliphatic heterocycles. The van der Waals surface area contributed by atoms with E-state index in [1.165, 1.54) is 4.90 Å². The van der Waals surface area contributed by atoms with E-state index in [0.29, 0.717) is 23.2 Å². The number of hydrogen-bond donors (Lipinski definition) is 3. The molecular formula is C33H43N3O5. The van der Waals surface area contributed by atoms with Gasteiger partial charge in [-0.3, -0.25) is 9.59 Å². The van der Waals surface area contributed by atoms with Crippen LogP contribution in [0.1, 0.15) is 71.6 Å². The second-order valence-electron chi connectivity index (χ2n) is 11.7. The van der Waals surface area contributed by atoms with E-state index in [0.717, 1.165) is 17.2 Å². The Hall–Kier alpha value is -4.07. The summed E-state index contributed by atoms with van der Waals surface area (Å²) in [5.74, 6) is -1.25. The number of hydrogen-bond acceptors (Lipinski definition) is 5. The van der Waals surface area contributed by atoms with Crippen molar-refractivity contribution in [1.29, 1.82) is 0 Å². The van der Waals surface area contributed by atoms with Crippen LogP contribution >= 0.6 is 0 Å². The zero-order chi connectivity index (χ0) is 30.3. The van der Waals surface area contributed by atoms with Crippen LogP contribution in [0.3, 0.4) is 0 Å². The molecule has 3 aromatic rings. The number of fused-ring (bicyclic) bond motifs is 1. The lowest BCUT2D eigenvalue weighted by Gasteiger charge is -2.36. The number of nitrogens with one attached hydrogen (secondary N) is 2. The topological polar surface area (TPSA) is 108 Å². The summed E-state index contributed by atoms with van der Waals surface area (Å²) in [5, 5.41) is 18.8. The maximum absolute atomic E-state index is 14.2. The Labute approximate surface area is 243 Å². The van der Waals surface area contributed by atoms with Crippen molar-refractivity contribution in [3.8, 4) is 5.75 Å². The Morgan fingerprint density at radius 3 is 2.29 bits per heavy atom. The number of unbranched alkanes of at least 4 members (excludes halogenated alkanes) is 1. The fourth-order valence-electron chi connectivity index (χ4n) is 4.65. The first-order chi connectivity index (χ1) is 19.3. The van der Waals surface area contributed by atoms with Gasteiger partial charge in [0.15, 0.2) is 0 Å². The van der Waals surface area contributed by atoms with Gasteiger partial charge in [-0.2, -0.15) is 0 Å². The number of alkyl carbamates (subject to hydrolysis) is 1. The van der Waals surface area contributed by atoms with Gasteiger partial charge in [-0.25, -0.2) is 4.79 Å². The summed E-state index contributed by atoms with van der Waals surface area (Å²) in [7, 11) is 0. The zero-order valence-electron chi connectivity index (χ0n) is 25.2. The van der Waals surface area contributed by atoms with Crippen molar-refractivity contribution in [2.24, 2.45) is 5.92 Å². The van der Waals surface area contributed by atoms with Crippen LogP contribution in [0.15, 0.2) is 60.7 Å². The molecule has 0 heterocycles. The van der Waals surface area contributed by atoms with Crippen LogP contribution in [0.5, 0.6) is 5.75 Å². The van der Waals surface area contributed by atoms with Crippen molar-refractivity contribution in [3.63, 3.8) is 0 Å². The van der Waals surface area contributed by atoms with E-state index in [1.54, 1.807) is 45.9 Å². The molecule has 0 aromatic heterocycles. The Kier molecular flexibility index (Phi) is 10.4. The summed E-state index contributed by atoms with van der Waals surface area (Å²) >= 11 is 0. The van der Waals surface area contributed by atoms with Crippen LogP contribution in [0.2, 0.25) is 0 Å². The van der Waals surface area contributed by atoms with Crippen molar-refractivity contribution >= 4 is 34.4 Å². The number of anilines is 1. The van der Waals surface area contributed by atoms with Gasteiger partial charge < -0.3 is 25.4 Å². The molecule has 2 unspecified atom stereocenters. The van der Waals surface area contributed by atoms with E-state index in [4.69, 9.17) is 4.74 Å². The normalized spacial score (nSPS) is 13.0. The maximum Gasteiger partial charge on any atom is 0.408 e. The summed E-state index contributed by atoms with van der Waals surface area (Å²) in [6.45, 7) is 12.9. The van der Waals surface area contributed by atoms with E-state index >= 15 is 0 Å². The van der Waals surface area contributed by atoms with Crippen LogP contribution < -0.4 is 10.6 Å². The highest BCUT2D eigenvalue weighted by atomic mass is 16.6. The fourth-order valence-corrected chi connectivity index (χ4v) is 4.65.